The molecule has 58 valence electrons. The van der Waals surface area contributed by atoms with Gasteiger partial charge in [0.05, 0.1) is 0 Å². The number of rotatable bonds is 1. The second kappa shape index (κ2) is 3.33. The molecule has 1 rings (SSSR count). The molecule has 0 spiro atoms. The summed E-state index contributed by atoms with van der Waals surface area (Å²) in [4.78, 5) is 11.2. The molecular weight excluding hydrogens is 136 g/mol. The minimum absolute atomic E-state index is 0.209. The third-order valence-electron chi connectivity index (χ3n) is 1.85. The molecule has 1 aliphatic carbocycles. The van der Waals surface area contributed by atoms with Gasteiger partial charge in [0.25, 0.3) is 0 Å². The normalized spacial score (nSPS) is 22.4. The van der Waals surface area contributed by atoms with Crippen molar-refractivity contribution >= 4 is 5.78 Å². The summed E-state index contributed by atoms with van der Waals surface area (Å²) in [5, 5.41) is 0. The number of carbonyl (C=O) groups excluding carboxylic acids is 1. The van der Waals surface area contributed by atoms with Gasteiger partial charge in [-0.15, -0.1) is 0 Å². The van der Waals surface area contributed by atoms with Crippen LogP contribution in [0.5, 0.6) is 0 Å². The van der Waals surface area contributed by atoms with Crippen molar-refractivity contribution in [3.63, 3.8) is 0 Å². The van der Waals surface area contributed by atoms with E-state index in [-0.39, 0.29) is 5.78 Å². The fourth-order valence-corrected chi connectivity index (χ4v) is 1.26. The summed E-state index contributed by atoms with van der Waals surface area (Å²) in [7, 11) is 0. The Labute approximate surface area is 67.1 Å². The van der Waals surface area contributed by atoms with E-state index in [1.165, 1.54) is 0 Å². The van der Waals surface area contributed by atoms with Crippen LogP contribution in [0.25, 0.3) is 0 Å². The summed E-state index contributed by atoms with van der Waals surface area (Å²) >= 11 is 0. The first-order valence-electron chi connectivity index (χ1n) is 3.80. The van der Waals surface area contributed by atoms with Gasteiger partial charge in [-0.2, -0.15) is 0 Å². The molecule has 0 amide bonds. The Morgan fingerprint density at radius 3 is 2.64 bits per heavy atom. The highest BCUT2D eigenvalue weighted by molar-refractivity contribution is 6.00. The smallest absolute Gasteiger partial charge is 0.163 e. The molecule has 1 heteroatoms. The van der Waals surface area contributed by atoms with Crippen LogP contribution in [-0.2, 0) is 4.79 Å². The predicted molar refractivity (Wildman–Crippen MR) is 46.3 cm³/mol. The Hall–Kier alpha value is -1.11. The molecule has 1 fully saturated rings. The van der Waals surface area contributed by atoms with E-state index in [9.17, 15) is 4.79 Å². The lowest BCUT2D eigenvalue weighted by atomic mass is 9.89. The van der Waals surface area contributed by atoms with E-state index in [1.54, 1.807) is 12.2 Å². The standard InChI is InChI=1S/C10H12O/c1-3-5-9-8(2)6-4-7-10(9)11/h3,5H,1-2,4,6-7H2/b9-5+. The van der Waals surface area contributed by atoms with Crippen LogP contribution in [0.4, 0.5) is 0 Å². The minimum Gasteiger partial charge on any atom is -0.294 e. The van der Waals surface area contributed by atoms with Gasteiger partial charge in [-0.3, -0.25) is 4.79 Å². The second-order valence-corrected chi connectivity index (χ2v) is 2.70. The molecular formula is C10H12O. The Kier molecular flexibility index (Phi) is 2.42. The SMILES string of the molecule is C=C/C=C1\C(=C)CCCC1=O. The van der Waals surface area contributed by atoms with Crippen LogP contribution in [0, 0.1) is 0 Å². The maximum Gasteiger partial charge on any atom is 0.163 e. The summed E-state index contributed by atoms with van der Waals surface area (Å²) < 4.78 is 0. The minimum atomic E-state index is 0.209. The molecule has 1 aliphatic rings. The fraction of sp³-hybridized carbons (Fsp3) is 0.300. The van der Waals surface area contributed by atoms with Crippen molar-refractivity contribution in [3.8, 4) is 0 Å². The van der Waals surface area contributed by atoms with Crippen molar-refractivity contribution in [1.82, 2.24) is 0 Å². The summed E-state index contributed by atoms with van der Waals surface area (Å²) in [6.45, 7) is 7.38. The average Bonchev–Trinajstić information content (AvgIpc) is 1.97. The lowest BCUT2D eigenvalue weighted by molar-refractivity contribution is -0.115. The van der Waals surface area contributed by atoms with Crippen molar-refractivity contribution in [3.05, 3.63) is 36.5 Å². The highest BCUT2D eigenvalue weighted by Gasteiger charge is 2.16. The number of hydrogen-bond donors (Lipinski definition) is 0. The molecule has 0 bridgehead atoms. The maximum absolute atomic E-state index is 11.2. The molecule has 0 unspecified atom stereocenters. The average molecular weight is 148 g/mol. The van der Waals surface area contributed by atoms with E-state index in [0.29, 0.717) is 6.42 Å². The van der Waals surface area contributed by atoms with Crippen LogP contribution < -0.4 is 0 Å². The fourth-order valence-electron chi connectivity index (χ4n) is 1.26. The van der Waals surface area contributed by atoms with Crippen molar-refractivity contribution in [2.45, 2.75) is 19.3 Å². The van der Waals surface area contributed by atoms with E-state index in [2.05, 4.69) is 13.2 Å². The van der Waals surface area contributed by atoms with Crippen molar-refractivity contribution in [2.75, 3.05) is 0 Å². The van der Waals surface area contributed by atoms with E-state index in [4.69, 9.17) is 0 Å². The molecule has 0 atom stereocenters. The zero-order chi connectivity index (χ0) is 8.27. The molecule has 0 heterocycles. The van der Waals surface area contributed by atoms with Gasteiger partial charge in [0.15, 0.2) is 5.78 Å². The molecule has 0 aliphatic heterocycles. The van der Waals surface area contributed by atoms with Crippen LogP contribution in [-0.4, -0.2) is 5.78 Å². The second-order valence-electron chi connectivity index (χ2n) is 2.70. The topological polar surface area (TPSA) is 17.1 Å². The van der Waals surface area contributed by atoms with Gasteiger partial charge in [-0.1, -0.05) is 25.3 Å². The van der Waals surface area contributed by atoms with E-state index >= 15 is 0 Å². The Bertz CT molecular complexity index is 215. The lowest BCUT2D eigenvalue weighted by Gasteiger charge is -2.14. The number of carbonyl (C=O) groups is 1. The van der Waals surface area contributed by atoms with Gasteiger partial charge in [0, 0.05) is 12.0 Å². The molecule has 0 aromatic rings. The molecule has 11 heavy (non-hydrogen) atoms. The number of allylic oxidation sites excluding steroid dienone is 4. The summed E-state index contributed by atoms with van der Waals surface area (Å²) in [6, 6.07) is 0. The largest absolute Gasteiger partial charge is 0.294 e. The molecule has 0 radical (unpaired) electrons. The van der Waals surface area contributed by atoms with Crippen LogP contribution >= 0.6 is 0 Å². The third-order valence-corrected chi connectivity index (χ3v) is 1.85. The van der Waals surface area contributed by atoms with Gasteiger partial charge in [0.1, 0.15) is 0 Å². The van der Waals surface area contributed by atoms with Gasteiger partial charge in [-0.25, -0.2) is 0 Å². The summed E-state index contributed by atoms with van der Waals surface area (Å²) in [5.41, 5.74) is 1.73. The Balaban J connectivity index is 2.87. The van der Waals surface area contributed by atoms with Crippen LogP contribution in [0.15, 0.2) is 36.5 Å². The monoisotopic (exact) mass is 148 g/mol. The van der Waals surface area contributed by atoms with E-state index in [0.717, 1.165) is 24.0 Å². The van der Waals surface area contributed by atoms with Crippen molar-refractivity contribution in [2.24, 2.45) is 0 Å². The molecule has 1 saturated carbocycles. The first-order valence-corrected chi connectivity index (χ1v) is 3.80. The van der Waals surface area contributed by atoms with Gasteiger partial charge >= 0.3 is 0 Å². The number of hydrogen-bond acceptors (Lipinski definition) is 1. The number of ketones is 1. The number of Topliss-reactive ketones (excluding diaryl/α,β-unsaturated/α-hetero) is 1. The summed E-state index contributed by atoms with van der Waals surface area (Å²) in [6.07, 6.45) is 5.96. The molecule has 1 nitrogen and oxygen atoms in total. The predicted octanol–water partition coefficient (Wildman–Crippen LogP) is 2.41. The van der Waals surface area contributed by atoms with Gasteiger partial charge in [0.2, 0.25) is 0 Å². The first kappa shape index (κ1) is 7.99. The Morgan fingerprint density at radius 2 is 2.09 bits per heavy atom. The highest BCUT2D eigenvalue weighted by atomic mass is 16.1. The quantitative estimate of drug-likeness (QED) is 0.522. The van der Waals surface area contributed by atoms with E-state index < -0.39 is 0 Å². The highest BCUT2D eigenvalue weighted by Crippen LogP contribution is 2.24. The third kappa shape index (κ3) is 1.67. The van der Waals surface area contributed by atoms with Crippen LogP contribution in [0.2, 0.25) is 0 Å². The molecule has 0 saturated heterocycles. The maximum atomic E-state index is 11.2. The zero-order valence-corrected chi connectivity index (χ0v) is 6.60. The summed E-state index contributed by atoms with van der Waals surface area (Å²) in [5.74, 6) is 0.209. The van der Waals surface area contributed by atoms with Crippen molar-refractivity contribution in [1.29, 1.82) is 0 Å². The van der Waals surface area contributed by atoms with E-state index in [1.807, 2.05) is 0 Å². The molecule has 0 aromatic heterocycles. The van der Waals surface area contributed by atoms with Gasteiger partial charge < -0.3 is 0 Å². The van der Waals surface area contributed by atoms with Crippen molar-refractivity contribution < 1.29 is 4.79 Å². The van der Waals surface area contributed by atoms with Crippen LogP contribution in [0.3, 0.4) is 0 Å². The lowest BCUT2D eigenvalue weighted by Crippen LogP contribution is -2.10. The van der Waals surface area contributed by atoms with Gasteiger partial charge in [-0.05, 0) is 18.4 Å². The zero-order valence-electron chi connectivity index (χ0n) is 6.60. The molecule has 0 N–H and O–H groups in total. The molecule has 0 aromatic carbocycles. The van der Waals surface area contributed by atoms with Crippen LogP contribution in [0.1, 0.15) is 19.3 Å². The first-order chi connectivity index (χ1) is 5.25. The Morgan fingerprint density at radius 1 is 1.36 bits per heavy atom.